The van der Waals surface area contributed by atoms with Crippen molar-refractivity contribution < 1.29 is 0 Å². The van der Waals surface area contributed by atoms with Crippen molar-refractivity contribution in [1.82, 2.24) is 9.97 Å². The van der Waals surface area contributed by atoms with Gasteiger partial charge in [-0.1, -0.05) is 0 Å². The molecule has 4 heteroatoms. The molecule has 15 heavy (non-hydrogen) atoms. The molecule has 1 saturated heterocycles. The van der Waals surface area contributed by atoms with Crippen LogP contribution in [0.15, 0.2) is 17.0 Å². The Labute approximate surface area is 99.0 Å². The monoisotopic (exact) mass is 269 g/mol. The molecule has 0 amide bonds. The lowest BCUT2D eigenvalue weighted by Gasteiger charge is -2.40. The van der Waals surface area contributed by atoms with Crippen molar-refractivity contribution in [3.05, 3.63) is 17.0 Å². The maximum Gasteiger partial charge on any atom is 0.146 e. The Balaban J connectivity index is 2.31. The highest BCUT2D eigenvalue weighted by atomic mass is 79.9. The van der Waals surface area contributed by atoms with Gasteiger partial charge >= 0.3 is 0 Å². The summed E-state index contributed by atoms with van der Waals surface area (Å²) in [6.45, 7) is 4.54. The summed E-state index contributed by atoms with van der Waals surface area (Å²) in [6.07, 6.45) is 7.26. The van der Waals surface area contributed by atoms with Crippen LogP contribution in [-0.4, -0.2) is 22.1 Å². The second-order valence-electron chi connectivity index (χ2n) is 4.23. The molecule has 0 bridgehead atoms. The van der Waals surface area contributed by atoms with E-state index in [2.05, 4.69) is 44.6 Å². The van der Waals surface area contributed by atoms with Crippen molar-refractivity contribution in [3.63, 3.8) is 0 Å². The number of anilines is 1. The van der Waals surface area contributed by atoms with E-state index in [1.807, 2.05) is 6.20 Å². The van der Waals surface area contributed by atoms with Crippen LogP contribution < -0.4 is 4.90 Å². The molecule has 82 valence electrons. The van der Waals surface area contributed by atoms with E-state index in [4.69, 9.17) is 0 Å². The molecule has 2 heterocycles. The Kier molecular flexibility index (Phi) is 3.24. The molecule has 0 aromatic carbocycles. The Bertz CT molecular complexity index is 332. The molecular formula is C11H16BrN3. The fraction of sp³-hybridized carbons (Fsp3) is 0.636. The van der Waals surface area contributed by atoms with Gasteiger partial charge in [-0.05, 0) is 49.0 Å². The highest BCUT2D eigenvalue weighted by Gasteiger charge is 2.26. The molecule has 1 aromatic heterocycles. The van der Waals surface area contributed by atoms with Crippen LogP contribution in [0.2, 0.25) is 0 Å². The van der Waals surface area contributed by atoms with Crippen molar-refractivity contribution >= 4 is 21.7 Å². The van der Waals surface area contributed by atoms with Gasteiger partial charge in [0.25, 0.3) is 0 Å². The molecule has 1 fully saturated rings. The fourth-order valence-electron chi connectivity index (χ4n) is 2.33. The minimum atomic E-state index is 0.569. The molecule has 2 rings (SSSR count). The summed E-state index contributed by atoms with van der Waals surface area (Å²) >= 11 is 3.52. The van der Waals surface area contributed by atoms with E-state index in [-0.39, 0.29) is 0 Å². The Morgan fingerprint density at radius 3 is 2.60 bits per heavy atom. The Morgan fingerprint density at radius 2 is 2.00 bits per heavy atom. The van der Waals surface area contributed by atoms with E-state index >= 15 is 0 Å². The standard InChI is InChI=1S/C11H16BrN3/c1-8-4-3-5-9(2)15(8)11-10(12)6-13-7-14-11/h6-9H,3-5H2,1-2H3. The SMILES string of the molecule is CC1CCCC(C)N1c1ncncc1Br. The third kappa shape index (κ3) is 2.14. The second kappa shape index (κ2) is 4.47. The molecule has 0 N–H and O–H groups in total. The van der Waals surface area contributed by atoms with Crippen molar-refractivity contribution in [3.8, 4) is 0 Å². The summed E-state index contributed by atoms with van der Waals surface area (Å²) in [5.41, 5.74) is 0. The van der Waals surface area contributed by atoms with Crippen LogP contribution in [0.1, 0.15) is 33.1 Å². The van der Waals surface area contributed by atoms with Crippen LogP contribution in [0.5, 0.6) is 0 Å². The lowest BCUT2D eigenvalue weighted by Crippen LogP contribution is -2.44. The average Bonchev–Trinajstić information content (AvgIpc) is 2.20. The minimum Gasteiger partial charge on any atom is -0.350 e. The lowest BCUT2D eigenvalue weighted by atomic mass is 9.98. The fourth-order valence-corrected chi connectivity index (χ4v) is 2.76. The van der Waals surface area contributed by atoms with Crippen LogP contribution in [0.25, 0.3) is 0 Å². The topological polar surface area (TPSA) is 29.0 Å². The second-order valence-corrected chi connectivity index (χ2v) is 5.08. The maximum atomic E-state index is 4.37. The average molecular weight is 270 g/mol. The quantitative estimate of drug-likeness (QED) is 0.785. The van der Waals surface area contributed by atoms with E-state index in [1.165, 1.54) is 19.3 Å². The molecule has 1 aromatic rings. The number of hydrogen-bond acceptors (Lipinski definition) is 3. The number of hydrogen-bond donors (Lipinski definition) is 0. The lowest BCUT2D eigenvalue weighted by molar-refractivity contribution is 0.410. The van der Waals surface area contributed by atoms with Crippen LogP contribution in [0.4, 0.5) is 5.82 Å². The molecule has 1 aliphatic heterocycles. The maximum absolute atomic E-state index is 4.37. The first-order valence-corrected chi connectivity index (χ1v) is 6.23. The predicted octanol–water partition coefficient (Wildman–Crippen LogP) is 3.01. The highest BCUT2D eigenvalue weighted by molar-refractivity contribution is 9.10. The Hall–Kier alpha value is -0.640. The zero-order chi connectivity index (χ0) is 10.8. The number of aromatic nitrogens is 2. The molecule has 0 radical (unpaired) electrons. The third-order valence-electron chi connectivity index (χ3n) is 3.09. The first kappa shape index (κ1) is 10.9. The molecule has 2 unspecified atom stereocenters. The summed E-state index contributed by atoms with van der Waals surface area (Å²) in [5, 5.41) is 0. The third-order valence-corrected chi connectivity index (χ3v) is 3.65. The van der Waals surface area contributed by atoms with Gasteiger partial charge in [0.15, 0.2) is 0 Å². The molecule has 2 atom stereocenters. The first-order chi connectivity index (χ1) is 7.20. The predicted molar refractivity (Wildman–Crippen MR) is 65.0 cm³/mol. The highest BCUT2D eigenvalue weighted by Crippen LogP contribution is 2.31. The number of halogens is 1. The molecular weight excluding hydrogens is 254 g/mol. The summed E-state index contributed by atoms with van der Waals surface area (Å²) in [6, 6.07) is 1.14. The number of nitrogens with zero attached hydrogens (tertiary/aromatic N) is 3. The molecule has 3 nitrogen and oxygen atoms in total. The van der Waals surface area contributed by atoms with Crippen molar-refractivity contribution in [2.75, 3.05) is 4.90 Å². The van der Waals surface area contributed by atoms with Gasteiger partial charge in [0.2, 0.25) is 0 Å². The number of piperidine rings is 1. The molecule has 1 aliphatic rings. The van der Waals surface area contributed by atoms with Crippen LogP contribution in [-0.2, 0) is 0 Å². The minimum absolute atomic E-state index is 0.569. The van der Waals surface area contributed by atoms with E-state index in [0.717, 1.165) is 10.3 Å². The van der Waals surface area contributed by atoms with Crippen LogP contribution in [0.3, 0.4) is 0 Å². The number of rotatable bonds is 1. The van der Waals surface area contributed by atoms with Crippen molar-refractivity contribution in [2.24, 2.45) is 0 Å². The van der Waals surface area contributed by atoms with Gasteiger partial charge in [-0.15, -0.1) is 0 Å². The van der Waals surface area contributed by atoms with E-state index in [0.29, 0.717) is 12.1 Å². The van der Waals surface area contributed by atoms with Crippen molar-refractivity contribution in [2.45, 2.75) is 45.2 Å². The zero-order valence-electron chi connectivity index (χ0n) is 9.15. The molecule has 0 saturated carbocycles. The van der Waals surface area contributed by atoms with Gasteiger partial charge in [0, 0.05) is 18.3 Å². The smallest absolute Gasteiger partial charge is 0.146 e. The first-order valence-electron chi connectivity index (χ1n) is 5.44. The zero-order valence-corrected chi connectivity index (χ0v) is 10.7. The van der Waals surface area contributed by atoms with Gasteiger partial charge < -0.3 is 4.90 Å². The van der Waals surface area contributed by atoms with Crippen LogP contribution in [0, 0.1) is 0 Å². The molecule has 0 aliphatic carbocycles. The molecule has 0 spiro atoms. The van der Waals surface area contributed by atoms with Gasteiger partial charge in [-0.3, -0.25) is 0 Å². The van der Waals surface area contributed by atoms with Gasteiger partial charge in [0.1, 0.15) is 12.1 Å². The van der Waals surface area contributed by atoms with Gasteiger partial charge in [-0.2, -0.15) is 0 Å². The largest absolute Gasteiger partial charge is 0.350 e. The normalized spacial score (nSPS) is 26.7. The summed E-state index contributed by atoms with van der Waals surface area (Å²) in [5.74, 6) is 1.03. The Morgan fingerprint density at radius 1 is 1.33 bits per heavy atom. The van der Waals surface area contributed by atoms with Gasteiger partial charge in [0.05, 0.1) is 4.47 Å². The van der Waals surface area contributed by atoms with Gasteiger partial charge in [-0.25, -0.2) is 9.97 Å². The van der Waals surface area contributed by atoms with Crippen molar-refractivity contribution in [1.29, 1.82) is 0 Å². The summed E-state index contributed by atoms with van der Waals surface area (Å²) in [7, 11) is 0. The van der Waals surface area contributed by atoms with E-state index in [1.54, 1.807) is 6.33 Å². The van der Waals surface area contributed by atoms with E-state index in [9.17, 15) is 0 Å². The summed E-state index contributed by atoms with van der Waals surface area (Å²) < 4.78 is 0.991. The van der Waals surface area contributed by atoms with Crippen LogP contribution >= 0.6 is 15.9 Å². The summed E-state index contributed by atoms with van der Waals surface area (Å²) in [4.78, 5) is 10.8. The van der Waals surface area contributed by atoms with E-state index < -0.39 is 0 Å².